The molecule has 0 bridgehead atoms. The van der Waals surface area contributed by atoms with E-state index in [-0.39, 0.29) is 15.6 Å². The van der Waals surface area contributed by atoms with Crippen molar-refractivity contribution in [3.05, 3.63) is 77.8 Å². The van der Waals surface area contributed by atoms with Gasteiger partial charge in [0.2, 0.25) is 14.9 Å². The summed E-state index contributed by atoms with van der Waals surface area (Å²) in [5.74, 6) is 0.989. The van der Waals surface area contributed by atoms with Crippen molar-refractivity contribution >= 4 is 49.5 Å². The molecule has 5 rings (SSSR count). The number of anilines is 2. The molecule has 0 aliphatic carbocycles. The van der Waals surface area contributed by atoms with E-state index in [1.165, 1.54) is 16.6 Å². The average Bonchev–Trinajstić information content (AvgIpc) is 3.25. The van der Waals surface area contributed by atoms with Crippen LogP contribution in [0.15, 0.2) is 82.7 Å². The number of rotatable bonds is 5. The number of para-hydroxylation sites is 1. The highest BCUT2D eigenvalue weighted by Crippen LogP contribution is 2.32. The number of fused-ring (bicyclic) bond motifs is 3. The number of benzene rings is 3. The Morgan fingerprint density at radius 2 is 1.75 bits per heavy atom. The summed E-state index contributed by atoms with van der Waals surface area (Å²) >= 11 is 6.26. The average molecular weight is 466 g/mol. The number of sulfone groups is 1. The first kappa shape index (κ1) is 20.2. The lowest BCUT2D eigenvalue weighted by molar-refractivity contribution is 0.415. The van der Waals surface area contributed by atoms with Crippen LogP contribution >= 0.6 is 11.6 Å². The minimum absolute atomic E-state index is 0.119. The smallest absolute Gasteiger partial charge is 0.229 e. The van der Waals surface area contributed by atoms with Crippen molar-refractivity contribution in [1.29, 1.82) is 0 Å². The highest BCUT2D eigenvalue weighted by Gasteiger charge is 2.27. The molecule has 10 heteroatoms. The Labute approximate surface area is 188 Å². The number of aromatic nitrogens is 4. The van der Waals surface area contributed by atoms with Crippen LogP contribution in [0.4, 0.5) is 11.5 Å². The molecule has 5 aromatic rings. The molecule has 0 radical (unpaired) electrons. The molecule has 0 atom stereocenters. The van der Waals surface area contributed by atoms with Crippen LogP contribution in [0, 0.1) is 0 Å². The summed E-state index contributed by atoms with van der Waals surface area (Å²) in [6, 6.07) is 20.7. The standard InChI is InChI=1S/C22H16ClN5O3S/c1-31-19-12-11-14(13-17(19)23)24-20-16-9-5-6-10-18(16)28-21(25-20)22(26-27-28)32(29,30)15-7-3-2-4-8-15/h2-13H,1H3,(H,24,25). The Kier molecular flexibility index (Phi) is 4.91. The van der Waals surface area contributed by atoms with Gasteiger partial charge in [-0.15, -0.1) is 5.10 Å². The van der Waals surface area contributed by atoms with E-state index < -0.39 is 9.84 Å². The second-order valence-corrected chi connectivity index (χ2v) is 9.17. The van der Waals surface area contributed by atoms with Crippen LogP contribution in [0.1, 0.15) is 0 Å². The zero-order chi connectivity index (χ0) is 22.3. The molecule has 0 spiro atoms. The number of halogens is 1. The first-order chi connectivity index (χ1) is 15.5. The van der Waals surface area contributed by atoms with E-state index in [1.54, 1.807) is 43.5 Å². The van der Waals surface area contributed by atoms with Crippen molar-refractivity contribution in [3.63, 3.8) is 0 Å². The third-order valence-corrected chi connectivity index (χ3v) is 6.91. The van der Waals surface area contributed by atoms with Crippen molar-refractivity contribution < 1.29 is 13.2 Å². The summed E-state index contributed by atoms with van der Waals surface area (Å²) in [6.45, 7) is 0. The number of ether oxygens (including phenoxy) is 1. The summed E-state index contributed by atoms with van der Waals surface area (Å²) in [5.41, 5.74) is 1.44. The van der Waals surface area contributed by atoms with Gasteiger partial charge in [0.1, 0.15) is 11.6 Å². The molecular formula is C22H16ClN5O3S. The van der Waals surface area contributed by atoms with Crippen LogP contribution < -0.4 is 10.1 Å². The maximum Gasteiger partial charge on any atom is 0.229 e. The van der Waals surface area contributed by atoms with Crippen molar-refractivity contribution in [1.82, 2.24) is 19.8 Å². The fourth-order valence-corrected chi connectivity index (χ4v) is 4.92. The van der Waals surface area contributed by atoms with Crippen LogP contribution in [0.5, 0.6) is 5.75 Å². The Balaban J connectivity index is 1.71. The monoisotopic (exact) mass is 465 g/mol. The molecule has 8 nitrogen and oxygen atoms in total. The van der Waals surface area contributed by atoms with Gasteiger partial charge >= 0.3 is 0 Å². The van der Waals surface area contributed by atoms with Gasteiger partial charge in [0.25, 0.3) is 0 Å². The molecule has 0 aliphatic heterocycles. The summed E-state index contributed by atoms with van der Waals surface area (Å²) in [4.78, 5) is 4.72. The second kappa shape index (κ2) is 7.77. The molecule has 160 valence electrons. The summed E-state index contributed by atoms with van der Waals surface area (Å²) in [5, 5.41) is 12.2. The molecule has 0 amide bonds. The largest absolute Gasteiger partial charge is 0.495 e. The Hall–Kier alpha value is -3.69. The molecule has 0 aliphatic rings. The highest BCUT2D eigenvalue weighted by molar-refractivity contribution is 7.91. The zero-order valence-electron chi connectivity index (χ0n) is 16.7. The molecule has 32 heavy (non-hydrogen) atoms. The number of methoxy groups -OCH3 is 1. The van der Waals surface area contributed by atoms with Gasteiger partial charge < -0.3 is 10.1 Å². The lowest BCUT2D eigenvalue weighted by Crippen LogP contribution is -2.05. The van der Waals surface area contributed by atoms with E-state index in [2.05, 4.69) is 20.6 Å². The SMILES string of the molecule is COc1ccc(Nc2nc3c(S(=O)(=O)c4ccccc4)nnn3c3ccccc23)cc1Cl. The van der Waals surface area contributed by atoms with Crippen molar-refractivity contribution in [2.45, 2.75) is 9.92 Å². The zero-order valence-corrected chi connectivity index (χ0v) is 18.3. The summed E-state index contributed by atoms with van der Waals surface area (Å²) in [7, 11) is -2.38. The predicted molar refractivity (Wildman–Crippen MR) is 121 cm³/mol. The van der Waals surface area contributed by atoms with Gasteiger partial charge in [0, 0.05) is 11.1 Å². The fraction of sp³-hybridized carbons (Fsp3) is 0.0455. The normalized spacial score (nSPS) is 11.7. The van der Waals surface area contributed by atoms with Crippen LogP contribution in [-0.4, -0.2) is 35.3 Å². The van der Waals surface area contributed by atoms with Gasteiger partial charge in [-0.05, 0) is 42.5 Å². The van der Waals surface area contributed by atoms with Crippen LogP contribution in [-0.2, 0) is 9.84 Å². The Morgan fingerprint density at radius 3 is 2.50 bits per heavy atom. The molecule has 1 N–H and O–H groups in total. The molecular weight excluding hydrogens is 450 g/mol. The lowest BCUT2D eigenvalue weighted by Gasteiger charge is -2.12. The third kappa shape index (κ3) is 3.31. The topological polar surface area (TPSA) is 98.5 Å². The summed E-state index contributed by atoms with van der Waals surface area (Å²) < 4.78 is 33.1. The number of nitrogens with one attached hydrogen (secondary N) is 1. The lowest BCUT2D eigenvalue weighted by atomic mass is 10.2. The second-order valence-electron chi connectivity index (χ2n) is 6.90. The molecule has 0 saturated carbocycles. The number of hydrogen-bond donors (Lipinski definition) is 1. The molecule has 0 saturated heterocycles. The quantitative estimate of drug-likeness (QED) is 0.407. The minimum atomic E-state index is -3.92. The third-order valence-electron chi connectivity index (χ3n) is 4.94. The molecule has 3 aromatic carbocycles. The highest BCUT2D eigenvalue weighted by atomic mass is 35.5. The predicted octanol–water partition coefficient (Wildman–Crippen LogP) is 4.52. The van der Waals surface area contributed by atoms with E-state index in [9.17, 15) is 8.42 Å². The first-order valence-electron chi connectivity index (χ1n) is 9.54. The van der Waals surface area contributed by atoms with Crippen LogP contribution in [0.25, 0.3) is 16.6 Å². The van der Waals surface area contributed by atoms with Crippen molar-refractivity contribution in [2.24, 2.45) is 0 Å². The number of hydrogen-bond acceptors (Lipinski definition) is 7. The Bertz CT molecular complexity index is 1570. The molecule has 2 aromatic heterocycles. The van der Waals surface area contributed by atoms with E-state index in [1.807, 2.05) is 24.3 Å². The number of nitrogens with zero attached hydrogens (tertiary/aromatic N) is 4. The first-order valence-corrected chi connectivity index (χ1v) is 11.4. The van der Waals surface area contributed by atoms with Gasteiger partial charge in [-0.3, -0.25) is 0 Å². The van der Waals surface area contributed by atoms with Gasteiger partial charge in [-0.2, -0.15) is 4.52 Å². The molecule has 2 heterocycles. The van der Waals surface area contributed by atoms with E-state index in [0.29, 0.717) is 27.8 Å². The van der Waals surface area contributed by atoms with Gasteiger partial charge in [-0.25, -0.2) is 13.4 Å². The summed E-state index contributed by atoms with van der Waals surface area (Å²) in [6.07, 6.45) is 0. The van der Waals surface area contributed by atoms with E-state index in [4.69, 9.17) is 16.3 Å². The van der Waals surface area contributed by atoms with Crippen molar-refractivity contribution in [3.8, 4) is 5.75 Å². The maximum atomic E-state index is 13.2. The van der Waals surface area contributed by atoms with E-state index >= 15 is 0 Å². The van der Waals surface area contributed by atoms with Gasteiger partial charge in [0.15, 0.2) is 5.65 Å². The van der Waals surface area contributed by atoms with Gasteiger partial charge in [0.05, 0.1) is 22.5 Å². The van der Waals surface area contributed by atoms with Crippen molar-refractivity contribution in [2.75, 3.05) is 12.4 Å². The fourth-order valence-electron chi connectivity index (χ4n) is 3.41. The Morgan fingerprint density at radius 1 is 1.00 bits per heavy atom. The van der Waals surface area contributed by atoms with Crippen LogP contribution in [0.3, 0.4) is 0 Å². The molecule has 0 fully saturated rings. The van der Waals surface area contributed by atoms with E-state index in [0.717, 1.165) is 5.39 Å². The molecule has 0 unspecified atom stereocenters. The van der Waals surface area contributed by atoms with Gasteiger partial charge in [-0.1, -0.05) is 47.1 Å². The minimum Gasteiger partial charge on any atom is -0.495 e. The maximum absolute atomic E-state index is 13.2. The van der Waals surface area contributed by atoms with Crippen LogP contribution in [0.2, 0.25) is 5.02 Å².